The van der Waals surface area contributed by atoms with Crippen molar-refractivity contribution in [3.8, 4) is 0 Å². The lowest BCUT2D eigenvalue weighted by atomic mass is 10.1. The van der Waals surface area contributed by atoms with E-state index in [1.807, 2.05) is 13.8 Å². The number of ether oxygens (including phenoxy) is 2. The topological polar surface area (TPSA) is 84.9 Å². The summed E-state index contributed by atoms with van der Waals surface area (Å²) in [6, 6.07) is 4.63. The van der Waals surface area contributed by atoms with Gasteiger partial charge in [-0.05, 0) is 37.6 Å². The molecule has 0 aliphatic rings. The molecule has 6 nitrogen and oxygen atoms in total. The van der Waals surface area contributed by atoms with Crippen molar-refractivity contribution in [2.24, 2.45) is 0 Å². The maximum Gasteiger partial charge on any atom is 0.335 e. The van der Waals surface area contributed by atoms with Gasteiger partial charge >= 0.3 is 5.97 Å². The lowest BCUT2D eigenvalue weighted by Gasteiger charge is -2.10. The minimum Gasteiger partial charge on any atom is -0.478 e. The number of carboxylic acids is 1. The van der Waals surface area contributed by atoms with Gasteiger partial charge in [0.15, 0.2) is 0 Å². The Hall–Kier alpha value is -1.92. The third-order valence-electron chi connectivity index (χ3n) is 2.61. The molecule has 21 heavy (non-hydrogen) atoms. The Labute approximate surface area is 124 Å². The van der Waals surface area contributed by atoms with Crippen LogP contribution in [0.3, 0.4) is 0 Å². The molecule has 0 aliphatic carbocycles. The molecule has 6 heteroatoms. The van der Waals surface area contributed by atoms with E-state index in [4.69, 9.17) is 14.6 Å². The van der Waals surface area contributed by atoms with E-state index in [0.29, 0.717) is 17.9 Å². The van der Waals surface area contributed by atoms with Gasteiger partial charge in [0.1, 0.15) is 0 Å². The van der Waals surface area contributed by atoms with Crippen molar-refractivity contribution >= 4 is 17.6 Å². The number of carboxylic acid groups (broad SMARTS) is 1. The van der Waals surface area contributed by atoms with Crippen molar-refractivity contribution in [2.45, 2.75) is 33.0 Å². The molecule has 0 aliphatic heterocycles. The number of carbonyl (C=O) groups is 2. The van der Waals surface area contributed by atoms with Crippen LogP contribution in [0.4, 0.5) is 5.69 Å². The van der Waals surface area contributed by atoms with E-state index in [2.05, 4.69) is 5.32 Å². The van der Waals surface area contributed by atoms with Crippen molar-refractivity contribution in [3.05, 3.63) is 29.3 Å². The van der Waals surface area contributed by atoms with Crippen LogP contribution in [0.5, 0.6) is 0 Å². The van der Waals surface area contributed by atoms with Crippen LogP contribution >= 0.6 is 0 Å². The smallest absolute Gasteiger partial charge is 0.335 e. The number of nitrogens with one attached hydrogen (secondary N) is 1. The number of rotatable bonds is 8. The minimum atomic E-state index is -1.05. The molecule has 0 atom stereocenters. The van der Waals surface area contributed by atoms with Gasteiger partial charge in [0.05, 0.1) is 31.3 Å². The van der Waals surface area contributed by atoms with E-state index < -0.39 is 5.97 Å². The molecular formula is C15H21NO5. The van der Waals surface area contributed by atoms with Crippen LogP contribution < -0.4 is 5.32 Å². The lowest BCUT2D eigenvalue weighted by molar-refractivity contribution is -0.117. The maximum atomic E-state index is 11.8. The predicted molar refractivity (Wildman–Crippen MR) is 78.4 cm³/mol. The molecule has 0 fully saturated rings. The van der Waals surface area contributed by atoms with Gasteiger partial charge < -0.3 is 19.9 Å². The van der Waals surface area contributed by atoms with Crippen molar-refractivity contribution in [2.75, 3.05) is 19.0 Å². The number of amides is 1. The fourth-order valence-corrected chi connectivity index (χ4v) is 1.75. The molecule has 0 saturated carbocycles. The van der Waals surface area contributed by atoms with Crippen LogP contribution in [0.2, 0.25) is 0 Å². The summed E-state index contributed by atoms with van der Waals surface area (Å²) >= 11 is 0. The van der Waals surface area contributed by atoms with E-state index in [-0.39, 0.29) is 30.6 Å². The predicted octanol–water partition coefficient (Wildman–Crippen LogP) is 2.28. The average molecular weight is 295 g/mol. The van der Waals surface area contributed by atoms with E-state index in [1.165, 1.54) is 19.2 Å². The molecule has 2 N–H and O–H groups in total. The van der Waals surface area contributed by atoms with E-state index in [0.717, 1.165) is 0 Å². The molecule has 116 valence electrons. The zero-order valence-electron chi connectivity index (χ0n) is 12.5. The van der Waals surface area contributed by atoms with Gasteiger partial charge in [-0.2, -0.15) is 0 Å². The first-order valence-electron chi connectivity index (χ1n) is 6.70. The molecule has 0 radical (unpaired) electrons. The zero-order valence-corrected chi connectivity index (χ0v) is 12.5. The Morgan fingerprint density at radius 2 is 2.00 bits per heavy atom. The SMILES string of the molecule is COCc1cc(NC(=O)CCOC(C)C)cc(C(=O)O)c1. The first-order chi connectivity index (χ1) is 9.92. The number of methoxy groups -OCH3 is 1. The summed E-state index contributed by atoms with van der Waals surface area (Å²) in [6.07, 6.45) is 0.288. The first kappa shape index (κ1) is 17.1. The fraction of sp³-hybridized carbons (Fsp3) is 0.467. The average Bonchev–Trinajstić information content (AvgIpc) is 2.38. The monoisotopic (exact) mass is 295 g/mol. The molecule has 1 rings (SSSR count). The summed E-state index contributed by atoms with van der Waals surface area (Å²) in [5.41, 5.74) is 1.24. The van der Waals surface area contributed by atoms with Crippen LogP contribution in [-0.2, 0) is 20.9 Å². The lowest BCUT2D eigenvalue weighted by Crippen LogP contribution is -2.16. The summed E-state index contributed by atoms with van der Waals surface area (Å²) in [4.78, 5) is 22.8. The fourth-order valence-electron chi connectivity index (χ4n) is 1.75. The number of aromatic carboxylic acids is 1. The van der Waals surface area contributed by atoms with Gasteiger partial charge in [0.2, 0.25) is 5.91 Å². The van der Waals surface area contributed by atoms with Crippen LogP contribution in [0.25, 0.3) is 0 Å². The Kier molecular flexibility index (Phi) is 6.84. The molecular weight excluding hydrogens is 274 g/mol. The Morgan fingerprint density at radius 1 is 1.29 bits per heavy atom. The summed E-state index contributed by atoms with van der Waals surface area (Å²) in [6.45, 7) is 4.39. The molecule has 0 spiro atoms. The van der Waals surface area contributed by atoms with E-state index in [9.17, 15) is 9.59 Å². The van der Waals surface area contributed by atoms with Gasteiger partial charge in [0, 0.05) is 12.8 Å². The number of hydrogen-bond acceptors (Lipinski definition) is 4. The van der Waals surface area contributed by atoms with Crippen molar-refractivity contribution in [1.29, 1.82) is 0 Å². The van der Waals surface area contributed by atoms with Gasteiger partial charge in [-0.3, -0.25) is 4.79 Å². The van der Waals surface area contributed by atoms with E-state index in [1.54, 1.807) is 6.07 Å². The highest BCUT2D eigenvalue weighted by atomic mass is 16.5. The number of hydrogen-bond donors (Lipinski definition) is 2. The van der Waals surface area contributed by atoms with Crippen LogP contribution in [-0.4, -0.2) is 36.8 Å². The van der Waals surface area contributed by atoms with Gasteiger partial charge in [-0.1, -0.05) is 0 Å². The van der Waals surface area contributed by atoms with E-state index >= 15 is 0 Å². The van der Waals surface area contributed by atoms with Gasteiger partial charge in [-0.25, -0.2) is 4.79 Å². The molecule has 1 amide bonds. The summed E-state index contributed by atoms with van der Waals surface area (Å²) in [7, 11) is 1.52. The van der Waals surface area contributed by atoms with Crippen molar-refractivity contribution in [1.82, 2.24) is 0 Å². The van der Waals surface area contributed by atoms with Crippen molar-refractivity contribution in [3.63, 3.8) is 0 Å². The minimum absolute atomic E-state index is 0.0708. The molecule has 0 bridgehead atoms. The van der Waals surface area contributed by atoms with Crippen molar-refractivity contribution < 1.29 is 24.2 Å². The van der Waals surface area contributed by atoms with Gasteiger partial charge in [-0.15, -0.1) is 0 Å². The normalized spacial score (nSPS) is 10.7. The summed E-state index contributed by atoms with van der Waals surface area (Å²) in [5, 5.41) is 11.7. The molecule has 0 saturated heterocycles. The maximum absolute atomic E-state index is 11.8. The van der Waals surface area contributed by atoms with Crippen LogP contribution in [0, 0.1) is 0 Å². The summed E-state index contributed by atoms with van der Waals surface area (Å²) in [5.74, 6) is -1.27. The second-order valence-electron chi connectivity index (χ2n) is 4.87. The third kappa shape index (κ3) is 6.37. The molecule has 0 aromatic heterocycles. The Bertz CT molecular complexity index is 499. The largest absolute Gasteiger partial charge is 0.478 e. The Balaban J connectivity index is 2.72. The highest BCUT2D eigenvalue weighted by Crippen LogP contribution is 2.16. The first-order valence-corrected chi connectivity index (χ1v) is 6.70. The molecule has 0 heterocycles. The zero-order chi connectivity index (χ0) is 15.8. The molecule has 0 unspecified atom stereocenters. The molecule has 1 aromatic rings. The highest BCUT2D eigenvalue weighted by molar-refractivity contribution is 5.94. The second kappa shape index (κ2) is 8.39. The Morgan fingerprint density at radius 3 is 2.57 bits per heavy atom. The quantitative estimate of drug-likeness (QED) is 0.768. The second-order valence-corrected chi connectivity index (χ2v) is 4.87. The van der Waals surface area contributed by atoms with Gasteiger partial charge in [0.25, 0.3) is 0 Å². The molecule has 1 aromatic carbocycles. The van der Waals surface area contributed by atoms with Crippen LogP contribution in [0.1, 0.15) is 36.2 Å². The number of carbonyl (C=O) groups excluding carboxylic acids is 1. The van der Waals surface area contributed by atoms with Crippen LogP contribution in [0.15, 0.2) is 18.2 Å². The third-order valence-corrected chi connectivity index (χ3v) is 2.61. The highest BCUT2D eigenvalue weighted by Gasteiger charge is 2.09. The number of benzene rings is 1. The summed E-state index contributed by atoms with van der Waals surface area (Å²) < 4.78 is 10.3. The number of anilines is 1. The standard InChI is InChI=1S/C15H21NO5/c1-10(2)21-5-4-14(17)16-13-7-11(9-20-3)6-12(8-13)15(18)19/h6-8,10H,4-5,9H2,1-3H3,(H,16,17)(H,18,19).